The second-order valence-electron chi connectivity index (χ2n) is 4.63. The van der Waals surface area contributed by atoms with Crippen molar-refractivity contribution >= 4 is 33.5 Å². The van der Waals surface area contributed by atoms with Gasteiger partial charge in [0.1, 0.15) is 5.75 Å². The van der Waals surface area contributed by atoms with Gasteiger partial charge in [0.25, 0.3) is 5.91 Å². The smallest absolute Gasteiger partial charge is 0.335 e. The van der Waals surface area contributed by atoms with Crippen molar-refractivity contribution in [3.05, 3.63) is 58.1 Å². The topological polar surface area (TPSA) is 75.6 Å². The average molecular weight is 364 g/mol. The highest BCUT2D eigenvalue weighted by atomic mass is 79.9. The van der Waals surface area contributed by atoms with Crippen molar-refractivity contribution in [2.45, 2.75) is 6.92 Å². The summed E-state index contributed by atoms with van der Waals surface area (Å²) in [6, 6.07) is 11.7. The monoisotopic (exact) mass is 363 g/mol. The fourth-order valence-electron chi connectivity index (χ4n) is 1.80. The van der Waals surface area contributed by atoms with Crippen molar-refractivity contribution < 1.29 is 19.4 Å². The van der Waals surface area contributed by atoms with Crippen LogP contribution in [0.25, 0.3) is 0 Å². The molecule has 114 valence electrons. The zero-order chi connectivity index (χ0) is 16.1. The maximum absolute atomic E-state index is 11.9. The molecule has 5 nitrogen and oxygen atoms in total. The van der Waals surface area contributed by atoms with Gasteiger partial charge >= 0.3 is 5.97 Å². The van der Waals surface area contributed by atoms with Gasteiger partial charge < -0.3 is 15.2 Å². The first-order valence-electron chi connectivity index (χ1n) is 6.48. The predicted octanol–water partition coefficient (Wildman–Crippen LogP) is 3.47. The fraction of sp³-hybridized carbons (Fsp3) is 0.125. The summed E-state index contributed by atoms with van der Waals surface area (Å²) in [5, 5.41) is 11.6. The van der Waals surface area contributed by atoms with E-state index in [1.54, 1.807) is 25.1 Å². The third-order valence-electron chi connectivity index (χ3n) is 2.93. The molecule has 0 heterocycles. The molecule has 2 N–H and O–H groups in total. The van der Waals surface area contributed by atoms with Crippen LogP contribution in [0.4, 0.5) is 5.69 Å². The quantitative estimate of drug-likeness (QED) is 0.852. The van der Waals surface area contributed by atoms with Crippen LogP contribution in [0.5, 0.6) is 5.75 Å². The van der Waals surface area contributed by atoms with Crippen molar-refractivity contribution in [2.24, 2.45) is 0 Å². The molecular formula is C16H14BrNO4. The number of hydrogen-bond acceptors (Lipinski definition) is 3. The molecule has 6 heteroatoms. The number of rotatable bonds is 5. The third-order valence-corrected chi connectivity index (χ3v) is 3.46. The molecule has 0 aliphatic carbocycles. The first-order valence-corrected chi connectivity index (χ1v) is 7.27. The molecule has 0 aliphatic rings. The SMILES string of the molecule is Cc1cc(C(=O)O)ccc1NC(=O)COc1ccc(Br)cc1. The Morgan fingerprint density at radius 3 is 2.45 bits per heavy atom. The van der Waals surface area contributed by atoms with Gasteiger partial charge in [-0.05, 0) is 55.0 Å². The summed E-state index contributed by atoms with van der Waals surface area (Å²) in [5.74, 6) is -0.718. The van der Waals surface area contributed by atoms with E-state index in [1.807, 2.05) is 12.1 Å². The molecule has 0 bridgehead atoms. The van der Waals surface area contributed by atoms with E-state index in [4.69, 9.17) is 9.84 Å². The third kappa shape index (κ3) is 4.33. The van der Waals surface area contributed by atoms with Gasteiger partial charge in [0.2, 0.25) is 0 Å². The summed E-state index contributed by atoms with van der Waals surface area (Å²) in [7, 11) is 0. The Kier molecular flexibility index (Phi) is 5.16. The Labute approximate surface area is 136 Å². The van der Waals surface area contributed by atoms with E-state index in [9.17, 15) is 9.59 Å². The molecule has 0 fully saturated rings. The van der Waals surface area contributed by atoms with Crippen LogP contribution in [0, 0.1) is 6.92 Å². The van der Waals surface area contributed by atoms with Gasteiger partial charge in [-0.15, -0.1) is 0 Å². The van der Waals surface area contributed by atoms with E-state index in [-0.39, 0.29) is 18.1 Å². The van der Waals surface area contributed by atoms with Crippen LogP contribution in [0.2, 0.25) is 0 Å². The summed E-state index contributed by atoms with van der Waals surface area (Å²) in [5.41, 5.74) is 1.42. The van der Waals surface area contributed by atoms with Crippen LogP contribution in [-0.2, 0) is 4.79 Å². The van der Waals surface area contributed by atoms with Crippen LogP contribution in [0.3, 0.4) is 0 Å². The molecule has 0 radical (unpaired) electrons. The van der Waals surface area contributed by atoms with Crippen molar-refractivity contribution in [3.63, 3.8) is 0 Å². The second kappa shape index (κ2) is 7.09. The molecule has 0 saturated carbocycles. The van der Waals surface area contributed by atoms with E-state index in [0.29, 0.717) is 17.0 Å². The largest absolute Gasteiger partial charge is 0.484 e. The number of benzene rings is 2. The molecule has 2 aromatic carbocycles. The van der Waals surface area contributed by atoms with Crippen LogP contribution in [-0.4, -0.2) is 23.6 Å². The van der Waals surface area contributed by atoms with Crippen molar-refractivity contribution in [2.75, 3.05) is 11.9 Å². The van der Waals surface area contributed by atoms with Gasteiger partial charge in [-0.3, -0.25) is 4.79 Å². The molecule has 0 aliphatic heterocycles. The van der Waals surface area contributed by atoms with Crippen LogP contribution in [0.15, 0.2) is 46.9 Å². The molecule has 1 amide bonds. The summed E-state index contributed by atoms with van der Waals surface area (Å²) in [4.78, 5) is 22.7. The number of amides is 1. The molecule has 0 spiro atoms. The first kappa shape index (κ1) is 16.0. The van der Waals surface area contributed by atoms with E-state index in [0.717, 1.165) is 4.47 Å². The second-order valence-corrected chi connectivity index (χ2v) is 5.54. The zero-order valence-electron chi connectivity index (χ0n) is 11.8. The molecule has 22 heavy (non-hydrogen) atoms. The Hall–Kier alpha value is -2.34. The number of aromatic carboxylic acids is 1. The summed E-state index contributed by atoms with van der Waals surface area (Å²) < 4.78 is 6.30. The number of carbonyl (C=O) groups excluding carboxylic acids is 1. The van der Waals surface area contributed by atoms with Gasteiger partial charge in [0, 0.05) is 10.2 Å². The van der Waals surface area contributed by atoms with Crippen molar-refractivity contribution in [3.8, 4) is 5.75 Å². The highest BCUT2D eigenvalue weighted by Gasteiger charge is 2.09. The lowest BCUT2D eigenvalue weighted by Crippen LogP contribution is -2.20. The fourth-order valence-corrected chi connectivity index (χ4v) is 2.07. The maximum atomic E-state index is 11.9. The minimum atomic E-state index is -1.00. The predicted molar refractivity (Wildman–Crippen MR) is 86.4 cm³/mol. The number of aryl methyl sites for hydroxylation is 1. The highest BCUT2D eigenvalue weighted by molar-refractivity contribution is 9.10. The van der Waals surface area contributed by atoms with E-state index < -0.39 is 5.97 Å². The summed E-state index contributed by atoms with van der Waals surface area (Å²) in [6.45, 7) is 1.61. The normalized spacial score (nSPS) is 10.1. The molecule has 0 saturated heterocycles. The van der Waals surface area contributed by atoms with Gasteiger partial charge in [-0.1, -0.05) is 15.9 Å². The van der Waals surface area contributed by atoms with Gasteiger partial charge in [0.05, 0.1) is 5.56 Å². The first-order chi connectivity index (χ1) is 10.5. The maximum Gasteiger partial charge on any atom is 0.335 e. The lowest BCUT2D eigenvalue weighted by Gasteiger charge is -2.10. The zero-order valence-corrected chi connectivity index (χ0v) is 13.4. The van der Waals surface area contributed by atoms with E-state index in [1.165, 1.54) is 12.1 Å². The van der Waals surface area contributed by atoms with Crippen molar-refractivity contribution in [1.29, 1.82) is 0 Å². The number of halogens is 1. The number of carboxylic acid groups (broad SMARTS) is 1. The molecule has 0 aromatic heterocycles. The Balaban J connectivity index is 1.94. The summed E-state index contributed by atoms with van der Waals surface area (Å²) >= 11 is 3.32. The van der Waals surface area contributed by atoms with Crippen molar-refractivity contribution in [1.82, 2.24) is 0 Å². The minimum absolute atomic E-state index is 0.123. The van der Waals surface area contributed by atoms with Crippen LogP contribution in [0.1, 0.15) is 15.9 Å². The number of carboxylic acids is 1. The van der Waals surface area contributed by atoms with Gasteiger partial charge in [-0.2, -0.15) is 0 Å². The Morgan fingerprint density at radius 1 is 1.18 bits per heavy atom. The van der Waals surface area contributed by atoms with Gasteiger partial charge in [-0.25, -0.2) is 4.79 Å². The average Bonchev–Trinajstić information content (AvgIpc) is 2.48. The molecule has 0 atom stereocenters. The molecule has 2 aromatic rings. The van der Waals surface area contributed by atoms with E-state index in [2.05, 4.69) is 21.2 Å². The molecular weight excluding hydrogens is 350 g/mol. The van der Waals surface area contributed by atoms with Crippen LogP contribution < -0.4 is 10.1 Å². The number of ether oxygens (including phenoxy) is 1. The Bertz CT molecular complexity index is 698. The number of anilines is 1. The standard InChI is InChI=1S/C16H14BrNO4/c1-10-8-11(16(20)21)2-7-14(10)18-15(19)9-22-13-5-3-12(17)4-6-13/h2-8H,9H2,1H3,(H,18,19)(H,20,21). The molecule has 2 rings (SSSR count). The number of nitrogens with one attached hydrogen (secondary N) is 1. The highest BCUT2D eigenvalue weighted by Crippen LogP contribution is 2.18. The lowest BCUT2D eigenvalue weighted by atomic mass is 10.1. The number of carbonyl (C=O) groups is 2. The summed E-state index contributed by atoms with van der Waals surface area (Å²) in [6.07, 6.45) is 0. The Morgan fingerprint density at radius 2 is 1.86 bits per heavy atom. The number of hydrogen-bond donors (Lipinski definition) is 2. The molecule has 0 unspecified atom stereocenters. The lowest BCUT2D eigenvalue weighted by molar-refractivity contribution is -0.118. The van der Waals surface area contributed by atoms with E-state index >= 15 is 0 Å². The van der Waals surface area contributed by atoms with Gasteiger partial charge in [0.15, 0.2) is 6.61 Å². The minimum Gasteiger partial charge on any atom is -0.484 e. The van der Waals surface area contributed by atoms with Crippen LogP contribution >= 0.6 is 15.9 Å².